The number of aliphatic hydroxyl groups is 2. The van der Waals surface area contributed by atoms with E-state index in [1.54, 1.807) is 14.2 Å². The number of hydrogen-bond donors (Lipinski definition) is 2. The largest absolute Gasteiger partial charge is 0.493 e. The van der Waals surface area contributed by atoms with Gasteiger partial charge in [-0.05, 0) is 63.3 Å². The lowest BCUT2D eigenvalue weighted by Gasteiger charge is -2.35. The summed E-state index contributed by atoms with van der Waals surface area (Å²) >= 11 is 0. The lowest BCUT2D eigenvalue weighted by Crippen LogP contribution is -2.42. The minimum Gasteiger partial charge on any atom is -0.493 e. The van der Waals surface area contributed by atoms with Crippen molar-refractivity contribution in [1.29, 1.82) is 0 Å². The maximum absolute atomic E-state index is 9.97. The van der Waals surface area contributed by atoms with E-state index in [0.717, 1.165) is 62.0 Å². The fourth-order valence-corrected chi connectivity index (χ4v) is 8.15. The Balaban J connectivity index is 0.000000137. The van der Waals surface area contributed by atoms with E-state index in [9.17, 15) is 10.2 Å². The first-order valence-electron chi connectivity index (χ1n) is 15.1. The van der Waals surface area contributed by atoms with Gasteiger partial charge in [0.1, 0.15) is 12.2 Å². The molecule has 2 aromatic carbocycles. The van der Waals surface area contributed by atoms with E-state index in [2.05, 4.69) is 48.2 Å². The average molecular weight is 575 g/mol. The predicted molar refractivity (Wildman–Crippen MR) is 160 cm³/mol. The van der Waals surface area contributed by atoms with E-state index in [1.165, 1.54) is 22.3 Å². The third-order valence-electron chi connectivity index (χ3n) is 10.3. The third-order valence-corrected chi connectivity index (χ3v) is 10.3. The Morgan fingerprint density at radius 1 is 0.714 bits per heavy atom. The van der Waals surface area contributed by atoms with Gasteiger partial charge in [0, 0.05) is 37.1 Å². The number of methoxy groups -OCH3 is 2. The van der Waals surface area contributed by atoms with Crippen LogP contribution in [0.2, 0.25) is 0 Å². The fraction of sp³-hybridized carbons (Fsp3) is 0.529. The summed E-state index contributed by atoms with van der Waals surface area (Å²) < 4.78 is 23.5. The Hall–Kier alpha value is -3.04. The highest BCUT2D eigenvalue weighted by atomic mass is 16.5. The second kappa shape index (κ2) is 10.3. The molecule has 4 heterocycles. The molecule has 2 spiro atoms. The smallest absolute Gasteiger partial charge is 0.166 e. The number of ether oxygens (including phenoxy) is 4. The molecule has 42 heavy (non-hydrogen) atoms. The van der Waals surface area contributed by atoms with Gasteiger partial charge in [-0.3, -0.25) is 0 Å². The minimum absolute atomic E-state index is 0.00838. The standard InChI is InChI=1S/2C17H21NO3/c2*1-18-8-7-17-6-5-12(19)9-14(17)21-16-13(20-2)4-3-11(10-18)15(16)17/h2*3-6,12,14,19H,7-10H2,1-2H3/t12-,14-,17-;/m0./s1. The van der Waals surface area contributed by atoms with E-state index in [4.69, 9.17) is 18.9 Å². The Morgan fingerprint density at radius 2 is 1.14 bits per heavy atom. The van der Waals surface area contributed by atoms with Crippen LogP contribution in [0.3, 0.4) is 0 Å². The minimum atomic E-state index is -0.412. The van der Waals surface area contributed by atoms with Gasteiger partial charge in [-0.25, -0.2) is 0 Å². The maximum Gasteiger partial charge on any atom is 0.166 e. The molecule has 0 bridgehead atoms. The van der Waals surface area contributed by atoms with Crippen molar-refractivity contribution in [2.45, 2.75) is 74.0 Å². The van der Waals surface area contributed by atoms with Crippen LogP contribution < -0.4 is 18.9 Å². The van der Waals surface area contributed by atoms with Crippen LogP contribution in [0.25, 0.3) is 0 Å². The predicted octanol–water partition coefficient (Wildman–Crippen LogP) is 3.70. The highest BCUT2D eigenvalue weighted by Crippen LogP contribution is 2.57. The number of benzene rings is 2. The molecule has 224 valence electrons. The molecule has 0 saturated heterocycles. The third kappa shape index (κ3) is 4.18. The van der Waals surface area contributed by atoms with Gasteiger partial charge in [0.2, 0.25) is 0 Å². The molecule has 0 amide bonds. The second-order valence-corrected chi connectivity index (χ2v) is 12.9. The van der Waals surface area contributed by atoms with Crippen molar-refractivity contribution in [3.8, 4) is 23.0 Å². The number of nitrogens with zero attached hydrogens (tertiary/aromatic N) is 2. The molecular weight excluding hydrogens is 532 g/mol. The summed E-state index contributed by atoms with van der Waals surface area (Å²) in [6.07, 6.45) is 10.8. The van der Waals surface area contributed by atoms with Gasteiger partial charge in [0.25, 0.3) is 0 Å². The van der Waals surface area contributed by atoms with Crippen molar-refractivity contribution in [2.24, 2.45) is 0 Å². The zero-order valence-corrected chi connectivity index (χ0v) is 25.0. The summed E-state index contributed by atoms with van der Waals surface area (Å²) in [5.41, 5.74) is 4.97. The summed E-state index contributed by atoms with van der Waals surface area (Å²) in [7, 11) is 7.69. The van der Waals surface area contributed by atoms with Gasteiger partial charge < -0.3 is 39.0 Å². The van der Waals surface area contributed by atoms with E-state index >= 15 is 0 Å². The average Bonchev–Trinajstić information content (AvgIpc) is 3.38. The molecule has 0 saturated carbocycles. The molecule has 4 aliphatic heterocycles. The first kappa shape index (κ1) is 27.8. The van der Waals surface area contributed by atoms with Crippen LogP contribution in [0.5, 0.6) is 23.0 Å². The van der Waals surface area contributed by atoms with Crippen LogP contribution in [0.15, 0.2) is 48.6 Å². The van der Waals surface area contributed by atoms with E-state index in [-0.39, 0.29) is 23.0 Å². The van der Waals surface area contributed by atoms with Crippen molar-refractivity contribution >= 4 is 0 Å². The Labute approximate surface area is 248 Å². The fourth-order valence-electron chi connectivity index (χ4n) is 8.15. The van der Waals surface area contributed by atoms with Crippen molar-refractivity contribution in [2.75, 3.05) is 41.4 Å². The second-order valence-electron chi connectivity index (χ2n) is 12.9. The van der Waals surface area contributed by atoms with Crippen molar-refractivity contribution in [3.05, 3.63) is 70.8 Å². The highest BCUT2D eigenvalue weighted by molar-refractivity contribution is 5.62. The number of aliphatic hydroxyl groups excluding tert-OH is 2. The molecule has 2 aromatic rings. The molecule has 2 N–H and O–H groups in total. The summed E-state index contributed by atoms with van der Waals surface area (Å²) in [6.45, 7) is 3.91. The first-order chi connectivity index (χ1) is 20.3. The van der Waals surface area contributed by atoms with Gasteiger partial charge in [-0.1, -0.05) is 36.4 Å². The molecule has 6 aliphatic rings. The molecule has 8 nitrogen and oxygen atoms in total. The molecule has 8 heteroatoms. The zero-order chi connectivity index (χ0) is 29.2. The van der Waals surface area contributed by atoms with Gasteiger partial charge in [-0.15, -0.1) is 0 Å². The van der Waals surface area contributed by atoms with Crippen molar-refractivity contribution < 1.29 is 29.2 Å². The van der Waals surface area contributed by atoms with Crippen LogP contribution in [0.1, 0.15) is 47.9 Å². The molecule has 3 unspecified atom stereocenters. The molecule has 0 aromatic heterocycles. The highest BCUT2D eigenvalue weighted by Gasteiger charge is 2.53. The SMILES string of the molecule is COc1ccc2c3c1OC1CC(O)C=CC31CCN(C)C2.COc1ccc2c3c1O[C@H]1C[C@@H](O)C=C[C@@]31CCN(C)C2. The van der Waals surface area contributed by atoms with Crippen molar-refractivity contribution in [3.63, 3.8) is 0 Å². The molecule has 2 aliphatic carbocycles. The van der Waals surface area contributed by atoms with Crippen LogP contribution in [-0.4, -0.2) is 85.8 Å². The number of hydrogen-bond acceptors (Lipinski definition) is 8. The Kier molecular flexibility index (Phi) is 6.81. The Morgan fingerprint density at radius 3 is 1.55 bits per heavy atom. The quantitative estimate of drug-likeness (QED) is 0.526. The van der Waals surface area contributed by atoms with Crippen LogP contribution in [0.4, 0.5) is 0 Å². The summed E-state index contributed by atoms with van der Waals surface area (Å²) in [6, 6.07) is 8.31. The van der Waals surface area contributed by atoms with E-state index in [1.807, 2.05) is 24.3 Å². The van der Waals surface area contributed by atoms with Crippen LogP contribution in [-0.2, 0) is 23.9 Å². The van der Waals surface area contributed by atoms with E-state index in [0.29, 0.717) is 12.8 Å². The van der Waals surface area contributed by atoms with Crippen molar-refractivity contribution in [1.82, 2.24) is 9.80 Å². The topological polar surface area (TPSA) is 83.9 Å². The lowest BCUT2D eigenvalue weighted by atomic mass is 9.69. The first-order valence-corrected chi connectivity index (χ1v) is 15.1. The summed E-state index contributed by atoms with van der Waals surface area (Å²) in [5, 5.41) is 19.9. The van der Waals surface area contributed by atoms with Gasteiger partial charge in [0.05, 0.1) is 37.3 Å². The van der Waals surface area contributed by atoms with Gasteiger partial charge in [0.15, 0.2) is 23.0 Å². The summed E-state index contributed by atoms with van der Waals surface area (Å²) in [4.78, 5) is 4.70. The molecular formula is C34H42N2O6. The summed E-state index contributed by atoms with van der Waals surface area (Å²) in [5.74, 6) is 3.37. The number of rotatable bonds is 2. The van der Waals surface area contributed by atoms with Gasteiger partial charge >= 0.3 is 0 Å². The van der Waals surface area contributed by atoms with E-state index < -0.39 is 12.2 Å². The monoisotopic (exact) mass is 574 g/mol. The Bertz CT molecular complexity index is 1330. The van der Waals surface area contributed by atoms with Gasteiger partial charge in [-0.2, -0.15) is 0 Å². The zero-order valence-electron chi connectivity index (χ0n) is 25.0. The molecule has 6 atom stereocenters. The molecule has 0 fully saturated rings. The normalized spacial score (nSPS) is 33.9. The maximum atomic E-state index is 9.97. The lowest BCUT2D eigenvalue weighted by molar-refractivity contribution is 0.0819. The molecule has 0 radical (unpaired) electrons. The van der Waals surface area contributed by atoms with Crippen LogP contribution >= 0.6 is 0 Å². The molecule has 8 rings (SSSR count). The van der Waals surface area contributed by atoms with Crippen LogP contribution in [0, 0.1) is 0 Å².